The second-order valence-electron chi connectivity index (χ2n) is 3.56. The molecule has 0 radical (unpaired) electrons. The van der Waals surface area contributed by atoms with Crippen LogP contribution in [0.25, 0.3) is 10.2 Å². The van der Waals surface area contributed by atoms with Gasteiger partial charge < -0.3 is 4.74 Å². The first-order chi connectivity index (χ1) is 9.06. The van der Waals surface area contributed by atoms with Crippen LogP contribution in [0, 0.1) is 0 Å². The molecule has 6 nitrogen and oxygen atoms in total. The van der Waals surface area contributed by atoms with Gasteiger partial charge in [-0.1, -0.05) is 0 Å². The highest BCUT2D eigenvalue weighted by Gasteiger charge is 2.22. The minimum atomic E-state index is -0.677. The van der Waals surface area contributed by atoms with Gasteiger partial charge in [0, 0.05) is 0 Å². The van der Waals surface area contributed by atoms with E-state index in [0.29, 0.717) is 16.3 Å². The number of alkyl halides is 1. The zero-order chi connectivity index (χ0) is 14.0. The third-order valence-corrected chi connectivity index (χ3v) is 3.62. The maximum Gasteiger partial charge on any atom is 0.303 e. The van der Waals surface area contributed by atoms with Crippen molar-refractivity contribution in [2.45, 2.75) is 0 Å². The molecule has 100 valence electrons. The largest absolute Gasteiger partial charge is 0.497 e. The Labute approximate surface area is 117 Å². The van der Waals surface area contributed by atoms with Crippen LogP contribution in [0.3, 0.4) is 0 Å². The molecule has 0 bridgehead atoms. The highest BCUT2D eigenvalue weighted by atomic mass is 35.5. The summed E-state index contributed by atoms with van der Waals surface area (Å²) in [6.45, 7) is 0. The summed E-state index contributed by atoms with van der Waals surface area (Å²) < 4.78 is 5.86. The number of amides is 2. The first kappa shape index (κ1) is 13.7. The average Bonchev–Trinajstić information content (AvgIpc) is 2.87. The number of hydrogen-bond donors (Lipinski definition) is 1. The normalized spacial score (nSPS) is 10.5. The van der Waals surface area contributed by atoms with Gasteiger partial charge in [-0.15, -0.1) is 22.9 Å². The topological polar surface area (TPSA) is 85.5 Å². The minimum Gasteiger partial charge on any atom is -0.497 e. The van der Waals surface area contributed by atoms with E-state index < -0.39 is 11.8 Å². The van der Waals surface area contributed by atoms with Crippen LogP contribution in [0.5, 0.6) is 5.75 Å². The Kier molecular flexibility index (Phi) is 3.98. The monoisotopic (exact) mass is 299 g/mol. The fourth-order valence-electron chi connectivity index (χ4n) is 1.40. The first-order valence-electron chi connectivity index (χ1n) is 5.19. The van der Waals surface area contributed by atoms with E-state index in [9.17, 15) is 9.59 Å². The lowest BCUT2D eigenvalue weighted by Crippen LogP contribution is -2.43. The second-order valence-corrected chi connectivity index (χ2v) is 4.85. The zero-order valence-electron chi connectivity index (χ0n) is 9.92. The molecular formula is C11H10ClN3O3S. The number of hydrogen-bond acceptors (Lipinski definition) is 6. The number of nitrogens with zero attached hydrogens (tertiary/aromatic N) is 2. The number of imide groups is 1. The summed E-state index contributed by atoms with van der Waals surface area (Å²) in [6, 6.07) is 5.22. The van der Waals surface area contributed by atoms with Gasteiger partial charge in [0.15, 0.2) is 5.01 Å². The zero-order valence-corrected chi connectivity index (χ0v) is 11.5. The molecule has 0 saturated carbocycles. The number of benzene rings is 1. The SMILES string of the molecule is COc1ccc2nc(C(=O)N(N)C(=O)CCl)sc2c1. The molecule has 0 aliphatic heterocycles. The van der Waals surface area contributed by atoms with E-state index in [2.05, 4.69) is 4.98 Å². The van der Waals surface area contributed by atoms with Crippen LogP contribution in [0.15, 0.2) is 18.2 Å². The number of rotatable bonds is 3. The van der Waals surface area contributed by atoms with Crippen LogP contribution >= 0.6 is 22.9 Å². The van der Waals surface area contributed by atoms with Crippen molar-refractivity contribution in [1.29, 1.82) is 0 Å². The molecule has 0 spiro atoms. The van der Waals surface area contributed by atoms with Gasteiger partial charge in [-0.3, -0.25) is 9.59 Å². The van der Waals surface area contributed by atoms with Gasteiger partial charge in [-0.2, -0.15) is 0 Å². The van der Waals surface area contributed by atoms with Gasteiger partial charge in [-0.25, -0.2) is 15.8 Å². The molecule has 0 fully saturated rings. The Balaban J connectivity index is 2.35. The molecule has 0 unspecified atom stereocenters. The van der Waals surface area contributed by atoms with Crippen molar-refractivity contribution < 1.29 is 14.3 Å². The van der Waals surface area contributed by atoms with Crippen LogP contribution in [0.4, 0.5) is 0 Å². The summed E-state index contributed by atoms with van der Waals surface area (Å²) in [6.07, 6.45) is 0. The van der Waals surface area contributed by atoms with E-state index in [0.717, 1.165) is 16.0 Å². The highest BCUT2D eigenvalue weighted by Crippen LogP contribution is 2.26. The van der Waals surface area contributed by atoms with E-state index in [1.165, 1.54) is 0 Å². The molecule has 0 aliphatic rings. The summed E-state index contributed by atoms with van der Waals surface area (Å²) in [4.78, 5) is 27.3. The van der Waals surface area contributed by atoms with Crippen LogP contribution in [0.1, 0.15) is 9.80 Å². The number of ether oxygens (including phenoxy) is 1. The molecule has 1 heterocycles. The third-order valence-electron chi connectivity index (χ3n) is 2.38. The van der Waals surface area contributed by atoms with Crippen LogP contribution in [0.2, 0.25) is 0 Å². The Bertz CT molecular complexity index is 643. The molecule has 2 rings (SSSR count). The van der Waals surface area contributed by atoms with Gasteiger partial charge >= 0.3 is 5.91 Å². The lowest BCUT2D eigenvalue weighted by Gasteiger charge is -2.10. The van der Waals surface area contributed by atoms with E-state index in [-0.39, 0.29) is 10.9 Å². The molecule has 0 saturated heterocycles. The standard InChI is InChI=1S/C11H10ClN3O3S/c1-18-6-2-3-7-8(4-6)19-10(14-7)11(17)15(13)9(16)5-12/h2-4H,5,13H2,1H3. The van der Waals surface area contributed by atoms with Crippen molar-refractivity contribution in [2.24, 2.45) is 5.84 Å². The van der Waals surface area contributed by atoms with Crippen LogP contribution in [-0.2, 0) is 4.79 Å². The summed E-state index contributed by atoms with van der Waals surface area (Å²) in [5.41, 5.74) is 0.640. The number of methoxy groups -OCH3 is 1. The molecule has 1 aromatic carbocycles. The minimum absolute atomic E-state index is 0.129. The van der Waals surface area contributed by atoms with Crippen LogP contribution in [-0.4, -0.2) is 34.8 Å². The fourth-order valence-corrected chi connectivity index (χ4v) is 2.46. The lowest BCUT2D eigenvalue weighted by molar-refractivity contribution is -0.126. The molecule has 0 atom stereocenters. The van der Waals surface area contributed by atoms with E-state index in [1.807, 2.05) is 0 Å². The number of aromatic nitrogens is 1. The average molecular weight is 300 g/mol. The maximum absolute atomic E-state index is 11.9. The van der Waals surface area contributed by atoms with Crippen molar-refractivity contribution in [1.82, 2.24) is 9.99 Å². The Hall–Kier alpha value is -1.70. The summed E-state index contributed by atoms with van der Waals surface area (Å²) >= 11 is 6.47. The number of carbonyl (C=O) groups is 2. The van der Waals surface area contributed by atoms with Crippen molar-refractivity contribution in [3.8, 4) is 5.75 Å². The third kappa shape index (κ3) is 2.67. The molecule has 8 heteroatoms. The number of fused-ring (bicyclic) bond motifs is 1. The number of carbonyl (C=O) groups excluding carboxylic acids is 2. The van der Waals surface area contributed by atoms with Crippen molar-refractivity contribution in [3.05, 3.63) is 23.2 Å². The number of hydrazine groups is 1. The summed E-state index contributed by atoms with van der Waals surface area (Å²) in [5.74, 6) is 4.32. The predicted molar refractivity (Wildman–Crippen MR) is 72.3 cm³/mol. The summed E-state index contributed by atoms with van der Waals surface area (Å²) in [5, 5.41) is 0.603. The fraction of sp³-hybridized carbons (Fsp3) is 0.182. The first-order valence-corrected chi connectivity index (χ1v) is 6.54. The molecule has 19 heavy (non-hydrogen) atoms. The number of halogens is 1. The molecule has 2 amide bonds. The van der Waals surface area contributed by atoms with Gasteiger partial charge in [0.25, 0.3) is 5.91 Å². The summed E-state index contributed by atoms with van der Waals surface area (Å²) in [7, 11) is 1.55. The predicted octanol–water partition coefficient (Wildman–Crippen LogP) is 1.39. The number of nitrogens with two attached hydrogens (primary N) is 1. The molecule has 0 aliphatic carbocycles. The lowest BCUT2D eigenvalue weighted by atomic mass is 10.3. The van der Waals surface area contributed by atoms with Crippen molar-refractivity contribution in [2.75, 3.05) is 13.0 Å². The Morgan fingerprint density at radius 2 is 2.26 bits per heavy atom. The van der Waals surface area contributed by atoms with Crippen molar-refractivity contribution >= 4 is 45.0 Å². The highest BCUT2D eigenvalue weighted by molar-refractivity contribution is 7.20. The number of thiazole rings is 1. The van der Waals surface area contributed by atoms with Gasteiger partial charge in [0.1, 0.15) is 11.6 Å². The molecule has 2 N–H and O–H groups in total. The van der Waals surface area contributed by atoms with E-state index in [1.54, 1.807) is 25.3 Å². The molecular weight excluding hydrogens is 290 g/mol. The van der Waals surface area contributed by atoms with Gasteiger partial charge in [0.05, 0.1) is 17.3 Å². The van der Waals surface area contributed by atoms with Gasteiger partial charge in [0.2, 0.25) is 0 Å². The Morgan fingerprint density at radius 3 is 2.89 bits per heavy atom. The molecule has 2 aromatic rings. The smallest absolute Gasteiger partial charge is 0.303 e. The maximum atomic E-state index is 11.9. The quantitative estimate of drug-likeness (QED) is 0.400. The van der Waals surface area contributed by atoms with E-state index >= 15 is 0 Å². The van der Waals surface area contributed by atoms with Crippen LogP contribution < -0.4 is 10.6 Å². The second kappa shape index (κ2) is 5.52. The molecule has 1 aromatic heterocycles. The van der Waals surface area contributed by atoms with E-state index in [4.69, 9.17) is 22.2 Å². The Morgan fingerprint density at radius 1 is 1.53 bits per heavy atom. The van der Waals surface area contributed by atoms with Crippen molar-refractivity contribution in [3.63, 3.8) is 0 Å². The van der Waals surface area contributed by atoms with Gasteiger partial charge in [-0.05, 0) is 18.2 Å².